The van der Waals surface area contributed by atoms with Gasteiger partial charge in [0.2, 0.25) is 0 Å². The van der Waals surface area contributed by atoms with Crippen LogP contribution in [-0.2, 0) is 4.79 Å². The lowest BCUT2D eigenvalue weighted by molar-refractivity contribution is -0.138. The van der Waals surface area contributed by atoms with Crippen molar-refractivity contribution in [2.75, 3.05) is 13.1 Å². The van der Waals surface area contributed by atoms with E-state index >= 15 is 0 Å². The van der Waals surface area contributed by atoms with E-state index < -0.39 is 12.1 Å². The third-order valence-corrected chi connectivity index (χ3v) is 4.32. The SMILES string of the molecule is O=C(O)CC1CCN(C(=O)NC2CCCCCC2O)C1. The molecule has 1 saturated carbocycles. The number of aliphatic hydroxyl groups is 1. The van der Waals surface area contributed by atoms with Crippen LogP contribution in [0.3, 0.4) is 0 Å². The summed E-state index contributed by atoms with van der Waals surface area (Å²) < 4.78 is 0. The molecule has 0 bridgehead atoms. The minimum absolute atomic E-state index is 0.0531. The van der Waals surface area contributed by atoms with Gasteiger partial charge in [0.25, 0.3) is 0 Å². The number of carbonyl (C=O) groups is 2. The van der Waals surface area contributed by atoms with Crippen LogP contribution < -0.4 is 5.32 Å². The van der Waals surface area contributed by atoms with Crippen molar-refractivity contribution in [2.24, 2.45) is 5.92 Å². The maximum Gasteiger partial charge on any atom is 0.317 e. The molecular formula is C14H24N2O4. The van der Waals surface area contributed by atoms with Crippen molar-refractivity contribution in [2.45, 2.75) is 57.1 Å². The van der Waals surface area contributed by atoms with E-state index in [0.29, 0.717) is 13.1 Å². The fourth-order valence-corrected chi connectivity index (χ4v) is 3.14. The highest BCUT2D eigenvalue weighted by molar-refractivity contribution is 5.75. The van der Waals surface area contributed by atoms with Crippen LogP contribution >= 0.6 is 0 Å². The molecule has 0 radical (unpaired) electrons. The predicted molar refractivity (Wildman–Crippen MR) is 73.3 cm³/mol. The van der Waals surface area contributed by atoms with E-state index in [9.17, 15) is 14.7 Å². The summed E-state index contributed by atoms with van der Waals surface area (Å²) >= 11 is 0. The van der Waals surface area contributed by atoms with Gasteiger partial charge in [0, 0.05) is 19.5 Å². The minimum atomic E-state index is -0.809. The molecule has 0 aromatic heterocycles. The van der Waals surface area contributed by atoms with Crippen molar-refractivity contribution in [3.8, 4) is 0 Å². The molecule has 2 rings (SSSR count). The first-order valence-electron chi connectivity index (χ1n) is 7.51. The number of carboxylic acids is 1. The molecule has 1 heterocycles. The lowest BCUT2D eigenvalue weighted by Gasteiger charge is -2.25. The van der Waals surface area contributed by atoms with Crippen molar-refractivity contribution < 1.29 is 19.8 Å². The standard InChI is InChI=1S/C14H24N2O4/c17-12-5-3-1-2-4-11(12)15-14(20)16-7-6-10(9-16)8-13(18)19/h10-12,17H,1-9H2,(H,15,20)(H,18,19). The Bertz CT molecular complexity index is 361. The molecular weight excluding hydrogens is 260 g/mol. The number of likely N-dealkylation sites (tertiary alicyclic amines) is 1. The van der Waals surface area contributed by atoms with E-state index in [1.54, 1.807) is 4.90 Å². The maximum atomic E-state index is 12.2. The number of amides is 2. The van der Waals surface area contributed by atoms with Gasteiger partial charge in [-0.25, -0.2) is 4.79 Å². The van der Waals surface area contributed by atoms with Gasteiger partial charge in [0.15, 0.2) is 0 Å². The molecule has 20 heavy (non-hydrogen) atoms. The Balaban J connectivity index is 1.81. The van der Waals surface area contributed by atoms with Gasteiger partial charge in [-0.1, -0.05) is 19.3 Å². The van der Waals surface area contributed by atoms with Crippen LogP contribution in [0, 0.1) is 5.92 Å². The normalized spacial score (nSPS) is 30.9. The number of carboxylic acid groups (broad SMARTS) is 1. The lowest BCUT2D eigenvalue weighted by atomic mass is 10.1. The fraction of sp³-hybridized carbons (Fsp3) is 0.857. The molecule has 3 atom stereocenters. The number of hydrogen-bond donors (Lipinski definition) is 3. The van der Waals surface area contributed by atoms with Crippen molar-refractivity contribution in [1.29, 1.82) is 0 Å². The first kappa shape index (κ1) is 15.1. The molecule has 114 valence electrons. The summed E-state index contributed by atoms with van der Waals surface area (Å²) in [5.74, 6) is -0.756. The van der Waals surface area contributed by atoms with Crippen molar-refractivity contribution in [3.63, 3.8) is 0 Å². The third kappa shape index (κ3) is 4.10. The summed E-state index contributed by atoms with van der Waals surface area (Å²) in [5.41, 5.74) is 0. The molecule has 1 aliphatic carbocycles. The van der Waals surface area contributed by atoms with E-state index in [-0.39, 0.29) is 24.4 Å². The van der Waals surface area contributed by atoms with Gasteiger partial charge in [-0.2, -0.15) is 0 Å². The van der Waals surface area contributed by atoms with E-state index in [1.165, 1.54) is 0 Å². The molecule has 3 N–H and O–H groups in total. The topological polar surface area (TPSA) is 89.9 Å². The number of aliphatic hydroxyl groups excluding tert-OH is 1. The molecule has 2 fully saturated rings. The predicted octanol–water partition coefficient (Wildman–Crippen LogP) is 1.19. The summed E-state index contributed by atoms with van der Waals surface area (Å²) in [7, 11) is 0. The van der Waals surface area contributed by atoms with Gasteiger partial charge < -0.3 is 20.4 Å². The quantitative estimate of drug-likeness (QED) is 0.679. The van der Waals surface area contributed by atoms with Gasteiger partial charge in [-0.05, 0) is 25.2 Å². The number of carbonyl (C=O) groups excluding carboxylic acids is 1. The zero-order valence-corrected chi connectivity index (χ0v) is 11.8. The second kappa shape index (κ2) is 6.92. The van der Waals surface area contributed by atoms with Gasteiger partial charge in [-0.15, -0.1) is 0 Å². The fourth-order valence-electron chi connectivity index (χ4n) is 3.14. The Kier molecular flexibility index (Phi) is 5.23. The smallest absolute Gasteiger partial charge is 0.317 e. The monoisotopic (exact) mass is 284 g/mol. The molecule has 0 aromatic carbocycles. The number of urea groups is 1. The Morgan fingerprint density at radius 2 is 1.90 bits per heavy atom. The number of rotatable bonds is 3. The number of nitrogens with zero attached hydrogens (tertiary/aromatic N) is 1. The average Bonchev–Trinajstić information content (AvgIpc) is 2.75. The van der Waals surface area contributed by atoms with Crippen LogP contribution in [-0.4, -0.2) is 52.3 Å². The molecule has 2 amide bonds. The van der Waals surface area contributed by atoms with E-state index in [2.05, 4.69) is 5.32 Å². The highest BCUT2D eigenvalue weighted by atomic mass is 16.4. The molecule has 1 aliphatic heterocycles. The van der Waals surface area contributed by atoms with Crippen LogP contribution in [0.5, 0.6) is 0 Å². The summed E-state index contributed by atoms with van der Waals surface area (Å²) in [6, 6.07) is -0.327. The van der Waals surface area contributed by atoms with E-state index in [0.717, 1.165) is 38.5 Å². The first-order chi connectivity index (χ1) is 9.56. The first-order valence-corrected chi connectivity index (χ1v) is 7.51. The van der Waals surface area contributed by atoms with Crippen molar-refractivity contribution >= 4 is 12.0 Å². The lowest BCUT2D eigenvalue weighted by Crippen LogP contribution is -2.48. The summed E-state index contributed by atoms with van der Waals surface area (Å²) in [4.78, 5) is 24.5. The van der Waals surface area contributed by atoms with Crippen LogP contribution in [0.4, 0.5) is 4.79 Å². The molecule has 1 saturated heterocycles. The summed E-state index contributed by atoms with van der Waals surface area (Å²) in [6.07, 6.45) is 5.11. The molecule has 6 nitrogen and oxygen atoms in total. The molecule has 3 unspecified atom stereocenters. The average molecular weight is 284 g/mol. The molecule has 2 aliphatic rings. The van der Waals surface area contributed by atoms with Crippen molar-refractivity contribution in [3.05, 3.63) is 0 Å². The Hall–Kier alpha value is -1.30. The maximum absolute atomic E-state index is 12.2. The van der Waals surface area contributed by atoms with Crippen LogP contribution in [0.1, 0.15) is 44.9 Å². The Labute approximate surface area is 119 Å². The van der Waals surface area contributed by atoms with Gasteiger partial charge in [0.1, 0.15) is 0 Å². The second-order valence-corrected chi connectivity index (χ2v) is 5.96. The number of hydrogen-bond acceptors (Lipinski definition) is 3. The zero-order chi connectivity index (χ0) is 14.5. The third-order valence-electron chi connectivity index (χ3n) is 4.32. The molecule has 0 spiro atoms. The summed E-state index contributed by atoms with van der Waals surface area (Å²) in [5, 5.41) is 21.7. The van der Waals surface area contributed by atoms with Crippen LogP contribution in [0.2, 0.25) is 0 Å². The van der Waals surface area contributed by atoms with Crippen LogP contribution in [0.25, 0.3) is 0 Å². The van der Waals surface area contributed by atoms with Crippen molar-refractivity contribution in [1.82, 2.24) is 10.2 Å². The summed E-state index contributed by atoms with van der Waals surface area (Å²) in [6.45, 7) is 1.10. The zero-order valence-electron chi connectivity index (χ0n) is 11.8. The van der Waals surface area contributed by atoms with Gasteiger partial charge >= 0.3 is 12.0 Å². The van der Waals surface area contributed by atoms with Crippen LogP contribution in [0.15, 0.2) is 0 Å². The minimum Gasteiger partial charge on any atom is -0.481 e. The van der Waals surface area contributed by atoms with E-state index in [1.807, 2.05) is 0 Å². The molecule has 0 aromatic rings. The van der Waals surface area contributed by atoms with Gasteiger partial charge in [-0.3, -0.25) is 4.79 Å². The highest BCUT2D eigenvalue weighted by Gasteiger charge is 2.30. The molecule has 6 heteroatoms. The van der Waals surface area contributed by atoms with Gasteiger partial charge in [0.05, 0.1) is 12.1 Å². The Morgan fingerprint density at radius 3 is 2.65 bits per heavy atom. The largest absolute Gasteiger partial charge is 0.481 e. The second-order valence-electron chi connectivity index (χ2n) is 5.96. The van der Waals surface area contributed by atoms with E-state index in [4.69, 9.17) is 5.11 Å². The highest BCUT2D eigenvalue weighted by Crippen LogP contribution is 2.21. The Morgan fingerprint density at radius 1 is 1.15 bits per heavy atom. The number of nitrogens with one attached hydrogen (secondary N) is 1. The number of aliphatic carboxylic acids is 1.